The molecule has 0 radical (unpaired) electrons. The summed E-state index contributed by atoms with van der Waals surface area (Å²) in [4.78, 5) is 14.0. The maximum atomic E-state index is 13.1. The van der Waals surface area contributed by atoms with Crippen LogP contribution in [-0.2, 0) is 17.8 Å². The number of methoxy groups -OCH3 is 2. The monoisotopic (exact) mass is 452 g/mol. The molecule has 0 fully saturated rings. The molecule has 4 rings (SSSR count). The van der Waals surface area contributed by atoms with Crippen LogP contribution in [0.5, 0.6) is 11.5 Å². The Hall–Kier alpha value is -3.29. The minimum absolute atomic E-state index is 0.178. The van der Waals surface area contributed by atoms with Crippen LogP contribution >= 0.6 is 11.3 Å². The third kappa shape index (κ3) is 4.49. The van der Waals surface area contributed by atoms with Crippen LogP contribution in [0.1, 0.15) is 27.9 Å². The molecule has 0 aliphatic rings. The van der Waals surface area contributed by atoms with Crippen molar-refractivity contribution < 1.29 is 28.5 Å². The fourth-order valence-electron chi connectivity index (χ4n) is 3.56. The fourth-order valence-corrected chi connectivity index (χ4v) is 4.27. The van der Waals surface area contributed by atoms with Crippen molar-refractivity contribution in [3.05, 3.63) is 70.6 Å². The normalized spacial score (nSPS) is 11.0. The highest BCUT2D eigenvalue weighted by atomic mass is 32.1. The second-order valence-corrected chi connectivity index (χ2v) is 8.15. The van der Waals surface area contributed by atoms with Crippen molar-refractivity contribution in [3.8, 4) is 22.1 Å². The Morgan fingerprint density at radius 3 is 2.53 bits per heavy atom. The Bertz CT molecular complexity index is 1190. The molecule has 1 N–H and O–H groups in total. The smallest absolute Gasteiger partial charge is 0.342 e. The molecular weight excluding hydrogens is 428 g/mol. The van der Waals surface area contributed by atoms with Crippen molar-refractivity contribution in [3.63, 3.8) is 0 Å². The van der Waals surface area contributed by atoms with Crippen molar-refractivity contribution in [2.45, 2.75) is 19.4 Å². The van der Waals surface area contributed by atoms with Gasteiger partial charge in [0.25, 0.3) is 0 Å². The molecule has 0 bridgehead atoms. The number of hydrogen-bond acceptors (Lipinski definition) is 7. The highest BCUT2D eigenvalue weighted by molar-refractivity contribution is 7.13. The van der Waals surface area contributed by atoms with Gasteiger partial charge in [0.15, 0.2) is 17.1 Å². The largest absolute Gasteiger partial charge is 0.497 e. The van der Waals surface area contributed by atoms with E-state index in [4.69, 9.17) is 18.6 Å². The van der Waals surface area contributed by atoms with Gasteiger partial charge in [-0.3, -0.25) is 0 Å². The number of esters is 1. The number of ether oxygens (including phenoxy) is 3. The van der Waals surface area contributed by atoms with Crippen molar-refractivity contribution in [1.29, 1.82) is 0 Å². The number of aliphatic hydroxyl groups excluding tert-OH is 1. The molecule has 0 saturated carbocycles. The molecule has 166 valence electrons. The summed E-state index contributed by atoms with van der Waals surface area (Å²) < 4.78 is 22.3. The Labute approximate surface area is 190 Å². The van der Waals surface area contributed by atoms with Crippen LogP contribution in [0.25, 0.3) is 21.6 Å². The van der Waals surface area contributed by atoms with E-state index in [9.17, 15) is 9.90 Å². The number of hydrogen-bond donors (Lipinski definition) is 1. The first kappa shape index (κ1) is 21.9. The Morgan fingerprint density at radius 2 is 1.88 bits per heavy atom. The average Bonchev–Trinajstić information content (AvgIpc) is 3.49. The SMILES string of the molecule is COc1ccc(CCCOC(=O)c2c(-c3cccs3)oc3c(OC)cc(CO)cc23)cc1. The van der Waals surface area contributed by atoms with E-state index in [1.165, 1.54) is 18.4 Å². The van der Waals surface area contributed by atoms with Crippen LogP contribution in [0.15, 0.2) is 58.3 Å². The number of thiophene rings is 1. The van der Waals surface area contributed by atoms with Gasteiger partial charge in [-0.1, -0.05) is 18.2 Å². The molecule has 4 aromatic rings. The van der Waals surface area contributed by atoms with Crippen LogP contribution in [0.2, 0.25) is 0 Å². The lowest BCUT2D eigenvalue weighted by Gasteiger charge is -2.07. The van der Waals surface area contributed by atoms with E-state index in [-0.39, 0.29) is 13.2 Å². The molecule has 0 spiro atoms. The Balaban J connectivity index is 1.57. The lowest BCUT2D eigenvalue weighted by atomic mass is 10.1. The molecule has 2 aromatic heterocycles. The van der Waals surface area contributed by atoms with Crippen LogP contribution in [0.3, 0.4) is 0 Å². The fraction of sp³-hybridized carbons (Fsp3) is 0.240. The second-order valence-electron chi connectivity index (χ2n) is 7.20. The Morgan fingerprint density at radius 1 is 1.06 bits per heavy atom. The number of furan rings is 1. The molecular formula is C25H24O6S. The van der Waals surface area contributed by atoms with Crippen LogP contribution in [0.4, 0.5) is 0 Å². The zero-order chi connectivity index (χ0) is 22.5. The molecule has 0 saturated heterocycles. The summed E-state index contributed by atoms with van der Waals surface area (Å²) in [5.74, 6) is 1.26. The number of aryl methyl sites for hydroxylation is 1. The van der Waals surface area contributed by atoms with E-state index in [1.54, 1.807) is 19.2 Å². The van der Waals surface area contributed by atoms with Gasteiger partial charge in [-0.2, -0.15) is 0 Å². The molecule has 32 heavy (non-hydrogen) atoms. The number of carbonyl (C=O) groups excluding carboxylic acids is 1. The van der Waals surface area contributed by atoms with Gasteiger partial charge in [-0.05, 0) is 59.7 Å². The summed E-state index contributed by atoms with van der Waals surface area (Å²) in [5.41, 5.74) is 2.58. The summed E-state index contributed by atoms with van der Waals surface area (Å²) in [6.07, 6.45) is 1.47. The zero-order valence-corrected chi connectivity index (χ0v) is 18.7. The molecule has 6 nitrogen and oxygen atoms in total. The number of fused-ring (bicyclic) bond motifs is 1. The minimum atomic E-state index is -0.459. The predicted molar refractivity (Wildman–Crippen MR) is 124 cm³/mol. The number of carbonyl (C=O) groups is 1. The van der Waals surface area contributed by atoms with Crippen LogP contribution in [-0.4, -0.2) is 31.9 Å². The number of rotatable bonds is 9. The molecule has 0 atom stereocenters. The van der Waals surface area contributed by atoms with Crippen molar-refractivity contribution in [2.24, 2.45) is 0 Å². The summed E-state index contributed by atoms with van der Waals surface area (Å²) in [7, 11) is 3.16. The second kappa shape index (κ2) is 9.89. The lowest BCUT2D eigenvalue weighted by Crippen LogP contribution is -2.08. The minimum Gasteiger partial charge on any atom is -0.497 e. The lowest BCUT2D eigenvalue weighted by molar-refractivity contribution is 0.0503. The third-order valence-corrected chi connectivity index (χ3v) is 6.04. The van der Waals surface area contributed by atoms with Gasteiger partial charge in [0, 0.05) is 5.39 Å². The van der Waals surface area contributed by atoms with Crippen molar-refractivity contribution >= 4 is 28.3 Å². The highest BCUT2D eigenvalue weighted by Crippen LogP contribution is 2.40. The van der Waals surface area contributed by atoms with E-state index in [1.807, 2.05) is 41.8 Å². The molecule has 7 heteroatoms. The standard InChI is InChI=1S/C25H24O6S/c1-28-18-9-7-16(8-10-18)5-3-11-30-25(27)22-19-13-17(15-26)14-20(29-2)23(19)31-24(22)21-6-4-12-32-21/h4,6-10,12-14,26H,3,5,11,15H2,1-2H3. The predicted octanol–water partition coefficient (Wildman–Crippen LogP) is 5.46. The topological polar surface area (TPSA) is 78.1 Å². The maximum Gasteiger partial charge on any atom is 0.342 e. The summed E-state index contributed by atoms with van der Waals surface area (Å²) in [6.45, 7) is 0.0976. The molecule has 0 amide bonds. The van der Waals surface area contributed by atoms with Gasteiger partial charge in [-0.25, -0.2) is 4.79 Å². The van der Waals surface area contributed by atoms with E-state index in [0.29, 0.717) is 40.0 Å². The molecule has 0 aliphatic carbocycles. The first-order valence-electron chi connectivity index (χ1n) is 10.2. The van der Waals surface area contributed by atoms with E-state index >= 15 is 0 Å². The summed E-state index contributed by atoms with van der Waals surface area (Å²) >= 11 is 1.47. The van der Waals surface area contributed by atoms with Gasteiger partial charge < -0.3 is 23.7 Å². The zero-order valence-electron chi connectivity index (χ0n) is 17.9. The maximum absolute atomic E-state index is 13.1. The van der Waals surface area contributed by atoms with Gasteiger partial charge in [0.2, 0.25) is 0 Å². The van der Waals surface area contributed by atoms with Gasteiger partial charge in [0.05, 0.1) is 32.3 Å². The first-order valence-corrected chi connectivity index (χ1v) is 11.1. The van der Waals surface area contributed by atoms with Crippen molar-refractivity contribution in [1.82, 2.24) is 0 Å². The molecule has 0 aliphatic heterocycles. The molecule has 2 heterocycles. The number of benzene rings is 2. The van der Waals surface area contributed by atoms with Crippen molar-refractivity contribution in [2.75, 3.05) is 20.8 Å². The van der Waals surface area contributed by atoms with Gasteiger partial charge in [0.1, 0.15) is 11.3 Å². The highest BCUT2D eigenvalue weighted by Gasteiger charge is 2.26. The van der Waals surface area contributed by atoms with E-state index < -0.39 is 5.97 Å². The van der Waals surface area contributed by atoms with E-state index in [0.717, 1.165) is 22.6 Å². The third-order valence-electron chi connectivity index (χ3n) is 5.17. The first-order chi connectivity index (χ1) is 15.6. The van der Waals surface area contributed by atoms with Crippen LogP contribution in [0, 0.1) is 0 Å². The molecule has 2 aromatic carbocycles. The summed E-state index contributed by atoms with van der Waals surface area (Å²) in [5, 5.41) is 12.1. The van der Waals surface area contributed by atoms with Gasteiger partial charge in [-0.15, -0.1) is 11.3 Å². The van der Waals surface area contributed by atoms with Gasteiger partial charge >= 0.3 is 5.97 Å². The molecule has 0 unspecified atom stereocenters. The quantitative estimate of drug-likeness (QED) is 0.268. The van der Waals surface area contributed by atoms with E-state index in [2.05, 4.69) is 0 Å². The Kier molecular flexibility index (Phi) is 6.78. The average molecular weight is 453 g/mol. The summed E-state index contributed by atoms with van der Waals surface area (Å²) in [6, 6.07) is 15.1. The van der Waals surface area contributed by atoms with Crippen LogP contribution < -0.4 is 9.47 Å². The number of aliphatic hydroxyl groups is 1.